The molecule has 2 saturated heterocycles. The number of alkyl halides is 3. The van der Waals surface area contributed by atoms with Crippen molar-refractivity contribution in [2.45, 2.75) is 76.0 Å². The maximum atomic E-state index is 13.6. The predicted molar refractivity (Wildman–Crippen MR) is 133 cm³/mol. The van der Waals surface area contributed by atoms with Gasteiger partial charge in [0.1, 0.15) is 5.75 Å². The molecule has 11 heteroatoms. The Bertz CT molecular complexity index is 1070. The molecule has 8 nitrogen and oxygen atoms in total. The van der Waals surface area contributed by atoms with E-state index in [4.69, 9.17) is 24.0 Å². The minimum absolute atomic E-state index is 0.0492. The van der Waals surface area contributed by atoms with E-state index in [0.29, 0.717) is 30.8 Å². The van der Waals surface area contributed by atoms with E-state index in [-0.39, 0.29) is 31.2 Å². The highest BCUT2D eigenvalue weighted by Crippen LogP contribution is 2.41. The van der Waals surface area contributed by atoms with E-state index in [1.165, 1.54) is 12.0 Å². The van der Waals surface area contributed by atoms with Gasteiger partial charge in [0.2, 0.25) is 6.10 Å². The molecule has 2 aromatic rings. The zero-order valence-electron chi connectivity index (χ0n) is 22.3. The zero-order chi connectivity index (χ0) is 27.6. The minimum atomic E-state index is -4.75. The Balaban J connectivity index is 1.27. The summed E-state index contributed by atoms with van der Waals surface area (Å²) in [6, 6.07) is 8.88. The Kier molecular flexibility index (Phi) is 8.27. The van der Waals surface area contributed by atoms with Gasteiger partial charge in [-0.3, -0.25) is 4.68 Å². The van der Waals surface area contributed by atoms with Gasteiger partial charge in [-0.25, -0.2) is 4.79 Å². The summed E-state index contributed by atoms with van der Waals surface area (Å²) in [6.45, 7) is 6.52. The third-order valence-corrected chi connectivity index (χ3v) is 7.18. The standard InChI is InChI=1S/C27H36F3N3O5/c1-25(2,3)22-9-12-33(31-22)20-15-26(37-17-20)10-13-32(14-11-26)24(34)38-23(27(28,29)30)18-36-16-19-5-7-21(35-4)8-6-19/h5-9,12,20,23H,10-11,13-18H2,1-4H3. The molecule has 2 unspecified atom stereocenters. The fourth-order valence-electron chi connectivity index (χ4n) is 4.77. The van der Waals surface area contributed by atoms with Crippen LogP contribution >= 0.6 is 0 Å². The van der Waals surface area contributed by atoms with Crippen LogP contribution in [0.5, 0.6) is 5.75 Å². The molecule has 0 N–H and O–H groups in total. The van der Waals surface area contributed by atoms with Gasteiger partial charge in [-0.15, -0.1) is 0 Å². The molecule has 2 atom stereocenters. The van der Waals surface area contributed by atoms with Crippen LogP contribution in [0.15, 0.2) is 36.5 Å². The van der Waals surface area contributed by atoms with Crippen LogP contribution in [0.2, 0.25) is 0 Å². The van der Waals surface area contributed by atoms with Gasteiger partial charge in [0.05, 0.1) is 44.3 Å². The number of ether oxygens (including phenoxy) is 4. The van der Waals surface area contributed by atoms with Crippen molar-refractivity contribution in [3.8, 4) is 5.75 Å². The minimum Gasteiger partial charge on any atom is -0.497 e. The number of rotatable bonds is 7. The number of halogens is 3. The van der Waals surface area contributed by atoms with Gasteiger partial charge in [-0.05, 0) is 36.6 Å². The number of piperidine rings is 1. The van der Waals surface area contributed by atoms with Crippen LogP contribution in [0, 0.1) is 0 Å². The second kappa shape index (κ2) is 11.1. The SMILES string of the molecule is COc1ccc(COCC(OC(=O)N2CCC3(CC2)CC(n2ccc(C(C)(C)C)n2)CO3)C(F)(F)F)cc1. The number of hydrogen-bond acceptors (Lipinski definition) is 6. The lowest BCUT2D eigenvalue weighted by Crippen LogP contribution is -2.49. The maximum absolute atomic E-state index is 13.6. The van der Waals surface area contributed by atoms with Crippen molar-refractivity contribution < 1.29 is 36.9 Å². The fourth-order valence-corrected chi connectivity index (χ4v) is 4.77. The summed E-state index contributed by atoms with van der Waals surface area (Å²) in [7, 11) is 1.52. The first kappa shape index (κ1) is 28.2. The molecule has 210 valence electrons. The second-order valence-electron chi connectivity index (χ2n) is 11.0. The topological polar surface area (TPSA) is 75.1 Å². The van der Waals surface area contributed by atoms with E-state index >= 15 is 0 Å². The number of methoxy groups -OCH3 is 1. The number of likely N-dealkylation sites (tertiary alicyclic amines) is 1. The van der Waals surface area contributed by atoms with Gasteiger partial charge in [0.15, 0.2) is 0 Å². The van der Waals surface area contributed by atoms with Crippen molar-refractivity contribution in [3.05, 3.63) is 47.8 Å². The van der Waals surface area contributed by atoms with Gasteiger partial charge in [-0.2, -0.15) is 18.3 Å². The molecule has 2 fully saturated rings. The third-order valence-electron chi connectivity index (χ3n) is 7.18. The fraction of sp³-hybridized carbons (Fsp3) is 0.630. The van der Waals surface area contributed by atoms with E-state index < -0.39 is 30.6 Å². The van der Waals surface area contributed by atoms with E-state index in [0.717, 1.165) is 12.1 Å². The lowest BCUT2D eigenvalue weighted by atomic mass is 9.87. The average molecular weight is 540 g/mol. The first-order valence-corrected chi connectivity index (χ1v) is 12.8. The lowest BCUT2D eigenvalue weighted by molar-refractivity contribution is -0.220. The van der Waals surface area contributed by atoms with E-state index in [2.05, 4.69) is 20.8 Å². The van der Waals surface area contributed by atoms with E-state index in [1.807, 2.05) is 16.9 Å². The normalized spacial score (nSPS) is 20.5. The first-order chi connectivity index (χ1) is 17.9. The van der Waals surface area contributed by atoms with Crippen molar-refractivity contribution in [2.24, 2.45) is 0 Å². The molecular formula is C27H36F3N3O5. The summed E-state index contributed by atoms with van der Waals surface area (Å²) >= 11 is 0. The molecule has 1 amide bonds. The van der Waals surface area contributed by atoms with Crippen molar-refractivity contribution in [1.29, 1.82) is 0 Å². The number of benzene rings is 1. The number of nitrogens with zero attached hydrogens (tertiary/aromatic N) is 3. The molecule has 38 heavy (non-hydrogen) atoms. The molecule has 0 saturated carbocycles. The van der Waals surface area contributed by atoms with Gasteiger partial charge < -0.3 is 23.8 Å². The number of carbonyl (C=O) groups excluding carboxylic acids is 1. The monoisotopic (exact) mass is 539 g/mol. The Morgan fingerprint density at radius 1 is 1.16 bits per heavy atom. The van der Waals surface area contributed by atoms with Gasteiger partial charge in [0, 0.05) is 31.1 Å². The van der Waals surface area contributed by atoms with Crippen LogP contribution in [0.4, 0.5) is 18.0 Å². The van der Waals surface area contributed by atoms with Crippen molar-refractivity contribution in [3.63, 3.8) is 0 Å². The smallest absolute Gasteiger partial charge is 0.427 e. The average Bonchev–Trinajstić information content (AvgIpc) is 3.52. The van der Waals surface area contributed by atoms with Crippen molar-refractivity contribution in [1.82, 2.24) is 14.7 Å². The number of hydrogen-bond donors (Lipinski definition) is 0. The molecule has 4 rings (SSSR count). The Morgan fingerprint density at radius 2 is 1.84 bits per heavy atom. The first-order valence-electron chi connectivity index (χ1n) is 12.8. The van der Waals surface area contributed by atoms with Gasteiger partial charge in [-0.1, -0.05) is 32.9 Å². The molecule has 0 bridgehead atoms. The van der Waals surface area contributed by atoms with Gasteiger partial charge in [0.25, 0.3) is 0 Å². The molecule has 0 aliphatic carbocycles. The molecule has 0 radical (unpaired) electrons. The number of carbonyl (C=O) groups is 1. The van der Waals surface area contributed by atoms with Crippen LogP contribution in [-0.4, -0.2) is 72.1 Å². The molecular weight excluding hydrogens is 503 g/mol. The van der Waals surface area contributed by atoms with Crippen LogP contribution in [0.1, 0.15) is 57.3 Å². The molecule has 3 heterocycles. The predicted octanol–water partition coefficient (Wildman–Crippen LogP) is 5.27. The number of aromatic nitrogens is 2. The largest absolute Gasteiger partial charge is 0.497 e. The molecule has 1 spiro atoms. The van der Waals surface area contributed by atoms with Crippen molar-refractivity contribution >= 4 is 6.09 Å². The van der Waals surface area contributed by atoms with Gasteiger partial charge >= 0.3 is 12.3 Å². The van der Waals surface area contributed by atoms with E-state index in [1.54, 1.807) is 24.3 Å². The van der Waals surface area contributed by atoms with Crippen LogP contribution in [-0.2, 0) is 26.2 Å². The molecule has 2 aliphatic heterocycles. The molecule has 1 aromatic heterocycles. The van der Waals surface area contributed by atoms with Crippen LogP contribution in [0.25, 0.3) is 0 Å². The maximum Gasteiger partial charge on any atom is 0.427 e. The summed E-state index contributed by atoms with van der Waals surface area (Å²) in [5.74, 6) is 0.633. The summed E-state index contributed by atoms with van der Waals surface area (Å²) in [5.41, 5.74) is 1.21. The Labute approximate surface area is 221 Å². The summed E-state index contributed by atoms with van der Waals surface area (Å²) in [5, 5.41) is 4.72. The van der Waals surface area contributed by atoms with E-state index in [9.17, 15) is 18.0 Å². The highest BCUT2D eigenvalue weighted by molar-refractivity contribution is 5.68. The zero-order valence-corrected chi connectivity index (χ0v) is 22.3. The highest BCUT2D eigenvalue weighted by Gasteiger charge is 2.47. The summed E-state index contributed by atoms with van der Waals surface area (Å²) in [6.07, 6.45) is -4.34. The Hall–Kier alpha value is -2.79. The highest BCUT2D eigenvalue weighted by atomic mass is 19.4. The molecule has 1 aromatic carbocycles. The number of amides is 1. The van der Waals surface area contributed by atoms with Crippen LogP contribution < -0.4 is 4.74 Å². The molecule has 2 aliphatic rings. The summed E-state index contributed by atoms with van der Waals surface area (Å²) < 4.78 is 64.0. The van der Waals surface area contributed by atoms with Crippen LogP contribution in [0.3, 0.4) is 0 Å². The Morgan fingerprint density at radius 3 is 2.42 bits per heavy atom. The summed E-state index contributed by atoms with van der Waals surface area (Å²) in [4.78, 5) is 13.9. The van der Waals surface area contributed by atoms with Crippen molar-refractivity contribution in [2.75, 3.05) is 33.4 Å². The lowest BCUT2D eigenvalue weighted by Gasteiger charge is -2.38. The second-order valence-corrected chi connectivity index (χ2v) is 11.0. The third kappa shape index (κ3) is 6.79. The quantitative estimate of drug-likeness (QED) is 0.477.